The zero-order valence-electron chi connectivity index (χ0n) is 11.7. The maximum Gasteiger partial charge on any atom is 0.351 e. The van der Waals surface area contributed by atoms with Gasteiger partial charge < -0.3 is 26.0 Å². The first kappa shape index (κ1) is 16.1. The molecule has 0 aliphatic carbocycles. The molecule has 5 N–H and O–H groups in total. The predicted molar refractivity (Wildman–Crippen MR) is 72.9 cm³/mol. The minimum atomic E-state index is -0.950. The lowest BCUT2D eigenvalue weighted by Gasteiger charge is -2.16. The molecule has 0 bridgehead atoms. The largest absolute Gasteiger partial charge is 0.394 e. The van der Waals surface area contributed by atoms with Crippen LogP contribution in [-0.2, 0) is 9.53 Å². The summed E-state index contributed by atoms with van der Waals surface area (Å²) >= 11 is 0. The van der Waals surface area contributed by atoms with Crippen LogP contribution in [0.4, 0.5) is 5.82 Å². The number of primary amides is 1. The quantitative estimate of drug-likeness (QED) is 0.498. The van der Waals surface area contributed by atoms with Crippen LogP contribution in [0, 0.1) is 0 Å². The number of carbonyl (C=O) groups excluding carboxylic acids is 2. The normalized spacial score (nSPS) is 24.2. The van der Waals surface area contributed by atoms with Gasteiger partial charge >= 0.3 is 5.69 Å². The summed E-state index contributed by atoms with van der Waals surface area (Å²) in [5, 5.41) is 21.0. The zero-order valence-corrected chi connectivity index (χ0v) is 11.7. The summed E-state index contributed by atoms with van der Waals surface area (Å²) in [6.45, 7) is 0.784. The van der Waals surface area contributed by atoms with E-state index in [0.717, 1.165) is 10.8 Å². The number of nitrogens with one attached hydrogen (secondary N) is 1. The summed E-state index contributed by atoms with van der Waals surface area (Å²) in [6.07, 6.45) is -1.51. The van der Waals surface area contributed by atoms with Crippen molar-refractivity contribution in [1.29, 1.82) is 0 Å². The monoisotopic (exact) mass is 312 g/mol. The molecule has 2 rings (SSSR count). The Kier molecular flexibility index (Phi) is 4.54. The van der Waals surface area contributed by atoms with Gasteiger partial charge in [0.2, 0.25) is 5.91 Å². The highest BCUT2D eigenvalue weighted by Crippen LogP contribution is 2.27. The van der Waals surface area contributed by atoms with E-state index in [9.17, 15) is 19.5 Å². The Morgan fingerprint density at radius 3 is 2.77 bits per heavy atom. The van der Waals surface area contributed by atoms with E-state index < -0.39 is 42.5 Å². The van der Waals surface area contributed by atoms with Crippen molar-refractivity contribution in [3.05, 3.63) is 22.2 Å². The molecule has 0 aromatic carbocycles. The number of nitrogens with two attached hydrogens (primary N) is 1. The Labute approximate surface area is 124 Å². The zero-order chi connectivity index (χ0) is 16.4. The first-order valence-electron chi connectivity index (χ1n) is 6.48. The lowest BCUT2D eigenvalue weighted by atomic mass is 10.2. The van der Waals surface area contributed by atoms with E-state index in [1.165, 1.54) is 6.92 Å². The molecule has 120 valence electrons. The van der Waals surface area contributed by atoms with Crippen LogP contribution < -0.4 is 16.7 Å². The van der Waals surface area contributed by atoms with E-state index >= 15 is 0 Å². The molecule has 10 nitrogen and oxygen atoms in total. The Balaban J connectivity index is 2.42. The summed E-state index contributed by atoms with van der Waals surface area (Å²) in [7, 11) is 0. The molecular weight excluding hydrogens is 296 g/mol. The van der Waals surface area contributed by atoms with Gasteiger partial charge in [0, 0.05) is 19.5 Å². The molecule has 1 aliphatic heterocycles. The minimum absolute atomic E-state index is 0.0461. The number of aromatic nitrogens is 2. The molecule has 10 heteroatoms. The Bertz CT molecular complexity index is 658. The topological polar surface area (TPSA) is 157 Å². The SMILES string of the molecule is CC(=O)Nc1nc(=O)n([C@H]2C[C@H](O)[C@@H](CO)O2)cc1C(N)=O. The number of ether oxygens (including phenoxy) is 1. The molecular formula is C12H16N4O6. The van der Waals surface area contributed by atoms with Crippen molar-refractivity contribution in [2.24, 2.45) is 5.73 Å². The van der Waals surface area contributed by atoms with Gasteiger partial charge in [-0.1, -0.05) is 0 Å². The molecule has 0 saturated carbocycles. The summed E-state index contributed by atoms with van der Waals surface area (Å²) in [5.74, 6) is -1.64. The molecule has 1 aromatic heterocycles. The number of nitrogens with zero attached hydrogens (tertiary/aromatic N) is 2. The highest BCUT2D eigenvalue weighted by molar-refractivity contribution is 6.01. The van der Waals surface area contributed by atoms with Crippen molar-refractivity contribution < 1.29 is 24.5 Å². The van der Waals surface area contributed by atoms with Crippen LogP contribution in [-0.4, -0.2) is 50.4 Å². The smallest absolute Gasteiger partial charge is 0.351 e. The van der Waals surface area contributed by atoms with Gasteiger partial charge in [-0.05, 0) is 0 Å². The number of amides is 2. The van der Waals surface area contributed by atoms with Crippen molar-refractivity contribution in [3.8, 4) is 0 Å². The fraction of sp³-hybridized carbons (Fsp3) is 0.500. The number of rotatable bonds is 4. The Hall–Kier alpha value is -2.30. The van der Waals surface area contributed by atoms with Gasteiger partial charge in [0.05, 0.1) is 18.3 Å². The van der Waals surface area contributed by atoms with Crippen LogP contribution in [0.5, 0.6) is 0 Å². The maximum atomic E-state index is 12.0. The van der Waals surface area contributed by atoms with E-state index in [0.29, 0.717) is 0 Å². The van der Waals surface area contributed by atoms with Gasteiger partial charge in [-0.15, -0.1) is 0 Å². The van der Waals surface area contributed by atoms with E-state index in [-0.39, 0.29) is 17.8 Å². The molecule has 0 radical (unpaired) electrons. The molecule has 22 heavy (non-hydrogen) atoms. The van der Waals surface area contributed by atoms with Crippen LogP contribution in [0.2, 0.25) is 0 Å². The van der Waals surface area contributed by atoms with Gasteiger partial charge in [-0.2, -0.15) is 4.98 Å². The first-order valence-corrected chi connectivity index (χ1v) is 6.48. The molecule has 1 fully saturated rings. The van der Waals surface area contributed by atoms with Crippen molar-refractivity contribution in [2.45, 2.75) is 31.8 Å². The van der Waals surface area contributed by atoms with Crippen molar-refractivity contribution in [1.82, 2.24) is 9.55 Å². The second-order valence-corrected chi connectivity index (χ2v) is 4.85. The first-order chi connectivity index (χ1) is 10.3. The average molecular weight is 312 g/mol. The fourth-order valence-electron chi connectivity index (χ4n) is 2.17. The van der Waals surface area contributed by atoms with Gasteiger partial charge in [0.15, 0.2) is 5.82 Å². The minimum Gasteiger partial charge on any atom is -0.394 e. The third-order valence-corrected chi connectivity index (χ3v) is 3.21. The van der Waals surface area contributed by atoms with Crippen LogP contribution in [0.25, 0.3) is 0 Å². The summed E-state index contributed by atoms with van der Waals surface area (Å²) in [5.41, 5.74) is 4.26. The van der Waals surface area contributed by atoms with Crippen molar-refractivity contribution >= 4 is 17.6 Å². The number of aliphatic hydroxyl groups is 2. The molecule has 1 saturated heterocycles. The number of aliphatic hydroxyl groups excluding tert-OH is 2. The van der Waals surface area contributed by atoms with E-state index in [1.807, 2.05) is 0 Å². The number of hydrogen-bond acceptors (Lipinski definition) is 7. The standard InChI is InChI=1S/C12H16N4O6/c1-5(18)14-11-6(10(13)20)3-16(12(21)15-11)9-2-7(19)8(4-17)22-9/h3,7-9,17,19H,2,4H2,1H3,(H2,13,20)(H,14,15,18,21)/t7-,8+,9+/m0/s1. The summed E-state index contributed by atoms with van der Waals surface area (Å²) in [6, 6.07) is 0. The predicted octanol–water partition coefficient (Wildman–Crippen LogP) is -2.06. The summed E-state index contributed by atoms with van der Waals surface area (Å²) in [4.78, 5) is 38.1. The fourth-order valence-corrected chi connectivity index (χ4v) is 2.17. The van der Waals surface area contributed by atoms with Gasteiger partial charge in [-0.3, -0.25) is 14.2 Å². The van der Waals surface area contributed by atoms with E-state index in [4.69, 9.17) is 15.6 Å². The van der Waals surface area contributed by atoms with Crippen LogP contribution in [0.15, 0.2) is 11.0 Å². The van der Waals surface area contributed by atoms with E-state index in [2.05, 4.69) is 10.3 Å². The average Bonchev–Trinajstić information content (AvgIpc) is 2.78. The van der Waals surface area contributed by atoms with Crippen molar-refractivity contribution in [2.75, 3.05) is 11.9 Å². The molecule has 2 amide bonds. The van der Waals surface area contributed by atoms with Crippen LogP contribution >= 0.6 is 0 Å². The van der Waals surface area contributed by atoms with Gasteiger partial charge in [0.25, 0.3) is 5.91 Å². The molecule has 0 spiro atoms. The highest BCUT2D eigenvalue weighted by Gasteiger charge is 2.35. The second kappa shape index (κ2) is 6.22. The van der Waals surface area contributed by atoms with Crippen molar-refractivity contribution in [3.63, 3.8) is 0 Å². The molecule has 0 unspecified atom stereocenters. The van der Waals surface area contributed by atoms with E-state index in [1.54, 1.807) is 0 Å². The number of carbonyl (C=O) groups is 2. The van der Waals surface area contributed by atoms with Crippen LogP contribution in [0.1, 0.15) is 29.9 Å². The molecule has 1 aromatic rings. The molecule has 2 heterocycles. The number of hydrogen-bond donors (Lipinski definition) is 4. The lowest BCUT2D eigenvalue weighted by molar-refractivity contribution is -0.114. The Morgan fingerprint density at radius 2 is 2.27 bits per heavy atom. The third kappa shape index (κ3) is 3.13. The Morgan fingerprint density at radius 1 is 1.59 bits per heavy atom. The highest BCUT2D eigenvalue weighted by atomic mass is 16.5. The lowest BCUT2D eigenvalue weighted by Crippen LogP contribution is -2.31. The van der Waals surface area contributed by atoms with Gasteiger partial charge in [0.1, 0.15) is 12.3 Å². The third-order valence-electron chi connectivity index (χ3n) is 3.21. The van der Waals surface area contributed by atoms with Gasteiger partial charge in [-0.25, -0.2) is 4.79 Å². The molecule has 3 atom stereocenters. The summed E-state index contributed by atoms with van der Waals surface area (Å²) < 4.78 is 6.32. The second-order valence-electron chi connectivity index (χ2n) is 4.85. The molecule has 1 aliphatic rings. The van der Waals surface area contributed by atoms with Crippen LogP contribution in [0.3, 0.4) is 0 Å². The number of anilines is 1. The maximum absolute atomic E-state index is 12.0.